The zero-order valence-electron chi connectivity index (χ0n) is 14.3. The minimum Gasteiger partial charge on any atom is -0.478 e. The van der Waals surface area contributed by atoms with Crippen LogP contribution >= 0.6 is 11.8 Å². The van der Waals surface area contributed by atoms with Gasteiger partial charge in [0.2, 0.25) is 0 Å². The summed E-state index contributed by atoms with van der Waals surface area (Å²) in [7, 11) is 0. The quantitative estimate of drug-likeness (QED) is 0.897. The molecule has 1 aliphatic heterocycles. The fourth-order valence-electron chi connectivity index (χ4n) is 3.27. The lowest BCUT2D eigenvalue weighted by molar-refractivity contribution is 0.0644. The maximum Gasteiger partial charge on any atom is 0.339 e. The summed E-state index contributed by atoms with van der Waals surface area (Å²) in [6.07, 6.45) is 0.434. The number of thioether (sulfide) groups is 1. The molecule has 0 spiro atoms. The summed E-state index contributed by atoms with van der Waals surface area (Å²) in [6.45, 7) is 4.54. The average molecular weight is 359 g/mol. The standard InChI is InChI=1S/C19H21NO4S/c1-3-15-14(19(22)23)11-16(24-15)18(21)20-9-10-25-12(2)17(20)13-7-5-4-6-8-13/h4-8,11-12,17H,3,9-10H2,1-2H3,(H,22,23). The van der Waals surface area contributed by atoms with E-state index in [9.17, 15) is 14.7 Å². The number of aromatic carboxylic acids is 1. The van der Waals surface area contributed by atoms with E-state index in [1.165, 1.54) is 6.07 Å². The van der Waals surface area contributed by atoms with Crippen LogP contribution in [0.5, 0.6) is 0 Å². The second kappa shape index (κ2) is 7.35. The molecular weight excluding hydrogens is 338 g/mol. The van der Waals surface area contributed by atoms with Gasteiger partial charge in [-0.2, -0.15) is 11.8 Å². The van der Waals surface area contributed by atoms with Crippen LogP contribution in [-0.2, 0) is 6.42 Å². The van der Waals surface area contributed by atoms with Gasteiger partial charge in [0.15, 0.2) is 5.76 Å². The highest BCUT2D eigenvalue weighted by Gasteiger charge is 2.35. The van der Waals surface area contributed by atoms with Crippen molar-refractivity contribution in [1.29, 1.82) is 0 Å². The topological polar surface area (TPSA) is 70.8 Å². The molecule has 2 unspecified atom stereocenters. The van der Waals surface area contributed by atoms with Gasteiger partial charge in [0.05, 0.1) is 6.04 Å². The van der Waals surface area contributed by atoms with E-state index < -0.39 is 5.97 Å². The highest BCUT2D eigenvalue weighted by molar-refractivity contribution is 8.00. The fraction of sp³-hybridized carbons (Fsp3) is 0.368. The van der Waals surface area contributed by atoms with E-state index in [1.54, 1.807) is 4.90 Å². The van der Waals surface area contributed by atoms with Crippen molar-refractivity contribution in [3.05, 3.63) is 59.0 Å². The predicted octanol–water partition coefficient (Wildman–Crippen LogP) is 3.86. The minimum atomic E-state index is -1.07. The molecular formula is C19H21NO4S. The number of benzene rings is 1. The molecule has 25 heavy (non-hydrogen) atoms. The Morgan fingerprint density at radius 3 is 2.64 bits per heavy atom. The van der Waals surface area contributed by atoms with Gasteiger partial charge in [0.25, 0.3) is 5.91 Å². The highest BCUT2D eigenvalue weighted by Crippen LogP contribution is 2.37. The molecule has 1 aliphatic rings. The lowest BCUT2D eigenvalue weighted by atomic mass is 10.0. The summed E-state index contributed by atoms with van der Waals surface area (Å²) < 4.78 is 5.58. The van der Waals surface area contributed by atoms with Gasteiger partial charge in [-0.3, -0.25) is 4.79 Å². The van der Waals surface area contributed by atoms with Crippen molar-refractivity contribution in [3.63, 3.8) is 0 Å². The highest BCUT2D eigenvalue weighted by atomic mass is 32.2. The first-order valence-electron chi connectivity index (χ1n) is 8.36. The van der Waals surface area contributed by atoms with Gasteiger partial charge < -0.3 is 14.4 Å². The second-order valence-electron chi connectivity index (χ2n) is 6.04. The predicted molar refractivity (Wildman–Crippen MR) is 97.2 cm³/mol. The van der Waals surface area contributed by atoms with Crippen LogP contribution in [-0.4, -0.2) is 39.4 Å². The SMILES string of the molecule is CCc1oc(C(=O)N2CCSC(C)C2c2ccccc2)cc1C(=O)O. The molecule has 5 nitrogen and oxygen atoms in total. The Hall–Kier alpha value is -2.21. The number of hydrogen-bond acceptors (Lipinski definition) is 4. The van der Waals surface area contributed by atoms with Crippen LogP contribution in [0.25, 0.3) is 0 Å². The number of furan rings is 1. The number of aryl methyl sites for hydroxylation is 1. The van der Waals surface area contributed by atoms with Crippen LogP contribution in [0.15, 0.2) is 40.8 Å². The van der Waals surface area contributed by atoms with Crippen LogP contribution in [0.4, 0.5) is 0 Å². The zero-order chi connectivity index (χ0) is 18.0. The molecule has 1 amide bonds. The number of amides is 1. The molecule has 2 atom stereocenters. The molecule has 0 saturated carbocycles. The first-order chi connectivity index (χ1) is 12.0. The zero-order valence-corrected chi connectivity index (χ0v) is 15.1. The van der Waals surface area contributed by atoms with E-state index in [2.05, 4.69) is 6.92 Å². The number of carbonyl (C=O) groups is 2. The summed E-state index contributed by atoms with van der Waals surface area (Å²) in [5, 5.41) is 9.54. The molecule has 132 valence electrons. The molecule has 1 saturated heterocycles. The molecule has 0 radical (unpaired) electrons. The van der Waals surface area contributed by atoms with Crippen molar-refractivity contribution in [2.24, 2.45) is 0 Å². The normalized spacial score (nSPS) is 20.5. The number of carbonyl (C=O) groups excluding carboxylic acids is 1. The molecule has 0 aliphatic carbocycles. The van der Waals surface area contributed by atoms with E-state index >= 15 is 0 Å². The third-order valence-corrected chi connectivity index (χ3v) is 5.67. The maximum atomic E-state index is 13.1. The van der Waals surface area contributed by atoms with Crippen LogP contribution in [0, 0.1) is 0 Å². The summed E-state index contributed by atoms with van der Waals surface area (Å²) in [6, 6.07) is 11.2. The molecule has 1 N–H and O–H groups in total. The van der Waals surface area contributed by atoms with Gasteiger partial charge in [-0.15, -0.1) is 0 Å². The number of carboxylic acids is 1. The number of carboxylic acid groups (broad SMARTS) is 1. The van der Waals surface area contributed by atoms with Gasteiger partial charge in [-0.25, -0.2) is 4.79 Å². The van der Waals surface area contributed by atoms with Gasteiger partial charge in [-0.05, 0) is 5.56 Å². The fourth-order valence-corrected chi connectivity index (χ4v) is 4.43. The van der Waals surface area contributed by atoms with Crippen molar-refractivity contribution >= 4 is 23.6 Å². The lowest BCUT2D eigenvalue weighted by Gasteiger charge is -2.39. The van der Waals surface area contributed by atoms with Crippen molar-refractivity contribution in [3.8, 4) is 0 Å². The molecule has 6 heteroatoms. The Balaban J connectivity index is 1.95. The minimum absolute atomic E-state index is 0.0593. The first-order valence-corrected chi connectivity index (χ1v) is 9.41. The van der Waals surface area contributed by atoms with Crippen LogP contribution in [0.1, 0.15) is 52.1 Å². The van der Waals surface area contributed by atoms with Crippen molar-refractivity contribution in [2.45, 2.75) is 31.6 Å². The summed E-state index contributed by atoms with van der Waals surface area (Å²) >= 11 is 1.84. The van der Waals surface area contributed by atoms with Crippen LogP contribution < -0.4 is 0 Å². The lowest BCUT2D eigenvalue weighted by Crippen LogP contribution is -2.43. The largest absolute Gasteiger partial charge is 0.478 e. The number of hydrogen-bond donors (Lipinski definition) is 1. The van der Waals surface area contributed by atoms with E-state index in [4.69, 9.17) is 4.42 Å². The summed E-state index contributed by atoms with van der Waals surface area (Å²) in [5.41, 5.74) is 1.15. The van der Waals surface area contributed by atoms with E-state index in [0.29, 0.717) is 18.7 Å². The molecule has 1 fully saturated rings. The number of rotatable bonds is 4. The monoisotopic (exact) mass is 359 g/mol. The van der Waals surface area contributed by atoms with Crippen molar-refractivity contribution in [1.82, 2.24) is 4.90 Å². The van der Waals surface area contributed by atoms with Crippen molar-refractivity contribution < 1.29 is 19.1 Å². The number of nitrogens with zero attached hydrogens (tertiary/aromatic N) is 1. The Labute approximate surface area is 151 Å². The van der Waals surface area contributed by atoms with Gasteiger partial charge in [-0.1, -0.05) is 44.2 Å². The molecule has 3 rings (SSSR count). The summed E-state index contributed by atoms with van der Waals surface area (Å²) in [5.74, 6) is -0.0190. The smallest absolute Gasteiger partial charge is 0.339 e. The second-order valence-corrected chi connectivity index (χ2v) is 7.52. The van der Waals surface area contributed by atoms with Crippen LogP contribution in [0.2, 0.25) is 0 Å². The molecule has 1 aromatic carbocycles. The van der Waals surface area contributed by atoms with Crippen LogP contribution in [0.3, 0.4) is 0 Å². The van der Waals surface area contributed by atoms with Gasteiger partial charge in [0, 0.05) is 30.0 Å². The molecule has 1 aromatic heterocycles. The first kappa shape index (κ1) is 17.6. The van der Waals surface area contributed by atoms with E-state index in [-0.39, 0.29) is 28.5 Å². The summed E-state index contributed by atoms with van der Waals surface area (Å²) in [4.78, 5) is 26.2. The van der Waals surface area contributed by atoms with E-state index in [0.717, 1.165) is 11.3 Å². The maximum absolute atomic E-state index is 13.1. The third kappa shape index (κ3) is 3.44. The van der Waals surface area contributed by atoms with Gasteiger partial charge in [0.1, 0.15) is 11.3 Å². The molecule has 2 aromatic rings. The Morgan fingerprint density at radius 1 is 1.32 bits per heavy atom. The Kier molecular flexibility index (Phi) is 5.18. The van der Waals surface area contributed by atoms with Gasteiger partial charge >= 0.3 is 5.97 Å². The Bertz CT molecular complexity index is 771. The third-order valence-electron chi connectivity index (χ3n) is 4.47. The average Bonchev–Trinajstić information content (AvgIpc) is 3.06. The Morgan fingerprint density at radius 2 is 2.04 bits per heavy atom. The molecule has 0 bridgehead atoms. The van der Waals surface area contributed by atoms with Crippen molar-refractivity contribution in [2.75, 3.05) is 12.3 Å². The van der Waals surface area contributed by atoms with E-state index in [1.807, 2.05) is 49.0 Å². The molecule has 2 heterocycles.